The van der Waals surface area contributed by atoms with Crippen LogP contribution >= 0.6 is 12.2 Å². The minimum Gasteiger partial charge on any atom is -0.483 e. The Morgan fingerprint density at radius 3 is 2.15 bits per heavy atom. The van der Waals surface area contributed by atoms with Gasteiger partial charge in [0.25, 0.3) is 11.1 Å². The first kappa shape index (κ1) is 18.5. The minimum atomic E-state index is -0.367. The zero-order valence-electron chi connectivity index (χ0n) is 14.7. The number of rotatable bonds is 4. The third-order valence-electron chi connectivity index (χ3n) is 3.80. The van der Waals surface area contributed by atoms with Crippen LogP contribution in [0.5, 0.6) is 0 Å². The molecule has 0 aliphatic rings. The van der Waals surface area contributed by atoms with Gasteiger partial charge in [-0.1, -0.05) is 48.5 Å². The molecule has 0 atom stereocenters. The zero-order valence-corrected chi connectivity index (χ0v) is 15.5. The maximum atomic E-state index is 12.4. The summed E-state index contributed by atoms with van der Waals surface area (Å²) in [6.45, 7) is 2.07. The molecule has 0 saturated heterocycles. The molecular weight excluding hydrogens is 360 g/mol. The summed E-state index contributed by atoms with van der Waals surface area (Å²) in [6.07, 6.45) is 3.26. The van der Waals surface area contributed by atoms with Crippen molar-refractivity contribution < 1.29 is 4.74 Å². The fourth-order valence-corrected chi connectivity index (χ4v) is 2.60. The summed E-state index contributed by atoms with van der Waals surface area (Å²) in [5.41, 5.74) is 1.80. The Hall–Kier alpha value is -3.25. The third kappa shape index (κ3) is 5.12. The van der Waals surface area contributed by atoms with Crippen molar-refractivity contribution in [1.82, 2.24) is 9.97 Å². The van der Waals surface area contributed by atoms with E-state index in [4.69, 9.17) is 17.0 Å². The van der Waals surface area contributed by atoms with Crippen LogP contribution in [0.1, 0.15) is 23.6 Å². The van der Waals surface area contributed by atoms with Gasteiger partial charge in [-0.15, -0.1) is 0 Å². The topological polar surface area (TPSA) is 75.0 Å². The smallest absolute Gasteiger partial charge is 0.272 e. The van der Waals surface area contributed by atoms with E-state index in [-0.39, 0.29) is 21.8 Å². The van der Waals surface area contributed by atoms with Gasteiger partial charge in [0, 0.05) is 6.92 Å². The Morgan fingerprint density at radius 1 is 0.926 bits per heavy atom. The van der Waals surface area contributed by atoms with Crippen LogP contribution in [0.2, 0.25) is 0 Å². The van der Waals surface area contributed by atoms with E-state index in [1.165, 1.54) is 0 Å². The van der Waals surface area contributed by atoms with Crippen LogP contribution in [-0.2, 0) is 11.3 Å². The quantitative estimate of drug-likeness (QED) is 0.676. The van der Waals surface area contributed by atoms with Gasteiger partial charge in [-0.25, -0.2) is 0 Å². The molecule has 1 heterocycles. The maximum absolute atomic E-state index is 12.4. The first-order valence-corrected chi connectivity index (χ1v) is 8.75. The van der Waals surface area contributed by atoms with E-state index in [0.29, 0.717) is 11.7 Å². The summed E-state index contributed by atoms with van der Waals surface area (Å²) in [5.74, 6) is 0. The van der Waals surface area contributed by atoms with E-state index in [1.54, 1.807) is 19.1 Å². The summed E-state index contributed by atoms with van der Waals surface area (Å²) < 4.78 is 5.34. The van der Waals surface area contributed by atoms with Gasteiger partial charge < -0.3 is 14.7 Å². The van der Waals surface area contributed by atoms with Gasteiger partial charge in [-0.3, -0.25) is 9.59 Å². The highest BCUT2D eigenvalue weighted by Crippen LogP contribution is 2.07. The molecule has 0 aliphatic heterocycles. The Bertz CT molecular complexity index is 1190. The average molecular weight is 378 g/mol. The van der Waals surface area contributed by atoms with E-state index in [0.717, 1.165) is 16.7 Å². The molecule has 3 aromatic rings. The van der Waals surface area contributed by atoms with Crippen LogP contribution < -0.4 is 21.8 Å². The molecule has 27 heavy (non-hydrogen) atoms. The summed E-state index contributed by atoms with van der Waals surface area (Å²) in [7, 11) is 0. The van der Waals surface area contributed by atoms with E-state index in [2.05, 4.69) is 9.97 Å². The minimum absolute atomic E-state index is 0.189. The molecule has 0 saturated carbocycles. The van der Waals surface area contributed by atoms with Crippen molar-refractivity contribution in [3.8, 4) is 0 Å². The molecule has 2 aromatic carbocycles. The standard InChI is InChI=1S/C21H18N2O3S/c1-14(27)26-13-17-9-5-8-16(10-17)12-19-21(25)22-18(20(24)23-19)11-15-6-3-2-4-7-15/h2-12H,13H2,1H3,(H,22,25)(H,23,24)/b18-11-,19-12?. The highest BCUT2D eigenvalue weighted by molar-refractivity contribution is 7.80. The van der Waals surface area contributed by atoms with E-state index < -0.39 is 0 Å². The molecule has 6 heteroatoms. The molecule has 0 bridgehead atoms. The van der Waals surface area contributed by atoms with Gasteiger partial charge >= 0.3 is 0 Å². The molecule has 0 amide bonds. The predicted molar refractivity (Wildman–Crippen MR) is 110 cm³/mol. The first-order valence-electron chi connectivity index (χ1n) is 8.35. The molecule has 136 valence electrons. The SMILES string of the molecule is CC(=S)OCc1cccc(C=c2[nH]c(=O)/c(=C/c3ccccc3)[nH]c2=O)c1. The summed E-state index contributed by atoms with van der Waals surface area (Å²) in [6, 6.07) is 16.8. The van der Waals surface area contributed by atoms with Crippen molar-refractivity contribution in [1.29, 1.82) is 0 Å². The summed E-state index contributed by atoms with van der Waals surface area (Å²) in [4.78, 5) is 30.0. The molecule has 5 nitrogen and oxygen atoms in total. The second-order valence-corrected chi connectivity index (χ2v) is 6.54. The highest BCUT2D eigenvalue weighted by atomic mass is 32.1. The normalized spacial score (nSPS) is 12.2. The number of aromatic nitrogens is 2. The average Bonchev–Trinajstić information content (AvgIpc) is 2.65. The lowest BCUT2D eigenvalue weighted by Crippen LogP contribution is -2.46. The molecule has 0 aliphatic carbocycles. The molecular formula is C21H18N2O3S. The monoisotopic (exact) mass is 378 g/mol. The number of hydrogen-bond donors (Lipinski definition) is 2. The van der Waals surface area contributed by atoms with Crippen LogP contribution in [0, 0.1) is 0 Å². The van der Waals surface area contributed by atoms with Crippen LogP contribution in [0.3, 0.4) is 0 Å². The lowest BCUT2D eigenvalue weighted by molar-refractivity contribution is 0.298. The van der Waals surface area contributed by atoms with Crippen molar-refractivity contribution in [2.45, 2.75) is 13.5 Å². The Morgan fingerprint density at radius 2 is 1.52 bits per heavy atom. The number of aromatic amines is 2. The van der Waals surface area contributed by atoms with Gasteiger partial charge in [0.15, 0.2) is 5.05 Å². The molecule has 0 fully saturated rings. The maximum Gasteiger partial charge on any atom is 0.272 e. The number of benzene rings is 2. The lowest BCUT2D eigenvalue weighted by Gasteiger charge is -2.04. The number of ether oxygens (including phenoxy) is 1. The van der Waals surface area contributed by atoms with Crippen molar-refractivity contribution >= 4 is 29.4 Å². The molecule has 0 spiro atoms. The van der Waals surface area contributed by atoms with E-state index >= 15 is 0 Å². The van der Waals surface area contributed by atoms with Crippen LogP contribution in [0.4, 0.5) is 0 Å². The Kier molecular flexibility index (Phi) is 5.78. The fraction of sp³-hybridized carbons (Fsp3) is 0.0952. The Balaban J connectivity index is 1.99. The number of H-pyrrole nitrogens is 2. The van der Waals surface area contributed by atoms with Crippen molar-refractivity contribution in [2.24, 2.45) is 0 Å². The van der Waals surface area contributed by atoms with Gasteiger partial charge in [-0.05, 0) is 47.1 Å². The largest absolute Gasteiger partial charge is 0.483 e. The highest BCUT2D eigenvalue weighted by Gasteiger charge is 1.99. The zero-order chi connectivity index (χ0) is 19.2. The Labute approximate surface area is 160 Å². The van der Waals surface area contributed by atoms with Crippen LogP contribution in [0.25, 0.3) is 12.2 Å². The first-order chi connectivity index (χ1) is 13.0. The second kappa shape index (κ2) is 8.42. The van der Waals surface area contributed by atoms with Crippen molar-refractivity contribution in [2.75, 3.05) is 0 Å². The summed E-state index contributed by atoms with van der Waals surface area (Å²) in [5, 5.41) is 0.867. The number of nitrogens with one attached hydrogen (secondary N) is 2. The second-order valence-electron chi connectivity index (χ2n) is 5.96. The molecule has 0 radical (unpaired) electrons. The van der Waals surface area contributed by atoms with Gasteiger partial charge in [0.1, 0.15) is 17.3 Å². The third-order valence-corrected chi connectivity index (χ3v) is 3.92. The van der Waals surface area contributed by atoms with Crippen LogP contribution in [0.15, 0.2) is 64.2 Å². The van der Waals surface area contributed by atoms with Crippen molar-refractivity contribution in [3.63, 3.8) is 0 Å². The predicted octanol–water partition coefficient (Wildman–Crippen LogP) is 1.58. The molecule has 2 N–H and O–H groups in total. The number of thiocarbonyl (C=S) groups is 1. The van der Waals surface area contributed by atoms with Crippen LogP contribution in [-0.4, -0.2) is 15.0 Å². The number of hydrogen-bond acceptors (Lipinski definition) is 4. The van der Waals surface area contributed by atoms with E-state index in [9.17, 15) is 9.59 Å². The van der Waals surface area contributed by atoms with Gasteiger partial charge in [0.2, 0.25) is 0 Å². The van der Waals surface area contributed by atoms with Gasteiger partial charge in [-0.2, -0.15) is 0 Å². The molecule has 3 rings (SSSR count). The lowest BCUT2D eigenvalue weighted by atomic mass is 10.1. The molecule has 0 unspecified atom stereocenters. The van der Waals surface area contributed by atoms with Crippen molar-refractivity contribution in [3.05, 3.63) is 103 Å². The summed E-state index contributed by atoms with van der Waals surface area (Å²) >= 11 is 4.90. The van der Waals surface area contributed by atoms with E-state index in [1.807, 2.05) is 54.6 Å². The fourth-order valence-electron chi connectivity index (χ4n) is 2.54. The molecule has 1 aromatic heterocycles. The van der Waals surface area contributed by atoms with Gasteiger partial charge in [0.05, 0.1) is 0 Å².